The number of hydrogen-bond acceptors (Lipinski definition) is 5. The van der Waals surface area contributed by atoms with E-state index in [2.05, 4.69) is 4.98 Å². The first-order chi connectivity index (χ1) is 8.95. The van der Waals surface area contributed by atoms with Crippen molar-refractivity contribution in [1.29, 1.82) is 0 Å². The molecule has 1 atom stereocenters. The molecule has 19 heavy (non-hydrogen) atoms. The molecular formula is C11H16ClN3O3S. The number of sulfonamides is 1. The van der Waals surface area contributed by atoms with Crippen LogP contribution in [0, 0.1) is 0 Å². The highest BCUT2D eigenvalue weighted by molar-refractivity contribution is 7.89. The normalized spacial score (nSPS) is 21.5. The number of piperidine rings is 1. The van der Waals surface area contributed by atoms with Crippen LogP contribution in [0.1, 0.15) is 12.8 Å². The highest BCUT2D eigenvalue weighted by Crippen LogP contribution is 2.25. The number of methoxy groups -OCH3 is 1. The van der Waals surface area contributed by atoms with Gasteiger partial charge in [0.25, 0.3) is 0 Å². The van der Waals surface area contributed by atoms with Crippen LogP contribution < -0.4 is 5.73 Å². The van der Waals surface area contributed by atoms with Crippen molar-refractivity contribution in [3.05, 3.63) is 17.3 Å². The van der Waals surface area contributed by atoms with Crippen molar-refractivity contribution in [3.8, 4) is 0 Å². The van der Waals surface area contributed by atoms with Gasteiger partial charge in [-0.1, -0.05) is 11.6 Å². The molecule has 8 heteroatoms. The number of anilines is 1. The lowest BCUT2D eigenvalue weighted by molar-refractivity contribution is 0.0572. The van der Waals surface area contributed by atoms with Gasteiger partial charge in [0.2, 0.25) is 10.0 Å². The molecular weight excluding hydrogens is 290 g/mol. The van der Waals surface area contributed by atoms with Crippen molar-refractivity contribution in [3.63, 3.8) is 0 Å². The number of aromatic nitrogens is 1. The first-order valence-corrected chi connectivity index (χ1v) is 7.71. The third-order valence-corrected chi connectivity index (χ3v) is 5.29. The molecule has 0 bridgehead atoms. The zero-order chi connectivity index (χ0) is 14.0. The van der Waals surface area contributed by atoms with Gasteiger partial charge in [-0.25, -0.2) is 13.4 Å². The van der Waals surface area contributed by atoms with E-state index in [9.17, 15) is 8.42 Å². The summed E-state index contributed by atoms with van der Waals surface area (Å²) in [5.74, 6) is 0.119. The Morgan fingerprint density at radius 3 is 2.95 bits per heavy atom. The second-order valence-electron chi connectivity index (χ2n) is 4.40. The van der Waals surface area contributed by atoms with Gasteiger partial charge in [-0.3, -0.25) is 0 Å². The maximum atomic E-state index is 12.4. The predicted octanol–water partition coefficient (Wildman–Crippen LogP) is 1.12. The Balaban J connectivity index is 2.28. The van der Waals surface area contributed by atoms with Gasteiger partial charge in [0.05, 0.1) is 11.1 Å². The molecule has 1 aromatic heterocycles. The topological polar surface area (TPSA) is 85.5 Å². The third-order valence-electron chi connectivity index (χ3n) is 3.16. The minimum atomic E-state index is -3.59. The number of nitrogens with two attached hydrogens (primary N) is 1. The summed E-state index contributed by atoms with van der Waals surface area (Å²) < 4.78 is 31.5. The molecule has 0 spiro atoms. The maximum Gasteiger partial charge on any atom is 0.244 e. The lowest BCUT2D eigenvalue weighted by atomic mass is 10.1. The predicted molar refractivity (Wildman–Crippen MR) is 72.4 cm³/mol. The second kappa shape index (κ2) is 5.62. The molecule has 2 rings (SSSR count). The van der Waals surface area contributed by atoms with Crippen molar-refractivity contribution in [2.45, 2.75) is 23.8 Å². The average Bonchev–Trinajstić information content (AvgIpc) is 2.41. The van der Waals surface area contributed by atoms with Crippen LogP contribution in [0.4, 0.5) is 5.82 Å². The smallest absolute Gasteiger partial charge is 0.244 e. The molecule has 1 saturated heterocycles. The fourth-order valence-electron chi connectivity index (χ4n) is 2.04. The number of hydrogen-bond donors (Lipinski definition) is 1. The van der Waals surface area contributed by atoms with E-state index in [1.807, 2.05) is 0 Å². The Labute approximate surface area is 117 Å². The summed E-state index contributed by atoms with van der Waals surface area (Å²) in [6.07, 6.45) is 2.80. The minimum Gasteiger partial charge on any atom is -0.382 e. The van der Waals surface area contributed by atoms with Gasteiger partial charge in [0.15, 0.2) is 0 Å². The molecule has 0 aliphatic carbocycles. The van der Waals surface area contributed by atoms with E-state index in [1.54, 1.807) is 7.11 Å². The van der Waals surface area contributed by atoms with Gasteiger partial charge in [0, 0.05) is 26.4 Å². The summed E-state index contributed by atoms with van der Waals surface area (Å²) in [5, 5.41) is 0.140. The zero-order valence-corrected chi connectivity index (χ0v) is 12.1. The van der Waals surface area contributed by atoms with Crippen LogP contribution in [0.2, 0.25) is 5.02 Å². The molecule has 2 N–H and O–H groups in total. The number of halogens is 1. The summed E-state index contributed by atoms with van der Waals surface area (Å²) in [6, 6.07) is 1.33. The van der Waals surface area contributed by atoms with Gasteiger partial charge in [-0.15, -0.1) is 0 Å². The molecule has 6 nitrogen and oxygen atoms in total. The van der Waals surface area contributed by atoms with Crippen LogP contribution in [0.3, 0.4) is 0 Å². The highest BCUT2D eigenvalue weighted by atomic mass is 35.5. The van der Waals surface area contributed by atoms with Crippen molar-refractivity contribution < 1.29 is 13.2 Å². The fraction of sp³-hybridized carbons (Fsp3) is 0.545. The van der Waals surface area contributed by atoms with Gasteiger partial charge < -0.3 is 10.5 Å². The number of pyridine rings is 1. The van der Waals surface area contributed by atoms with Crippen LogP contribution in [-0.2, 0) is 14.8 Å². The summed E-state index contributed by atoms with van der Waals surface area (Å²) in [6.45, 7) is 0.824. The lowest BCUT2D eigenvalue weighted by Gasteiger charge is -2.30. The minimum absolute atomic E-state index is 0.0588. The van der Waals surface area contributed by atoms with Crippen LogP contribution in [0.15, 0.2) is 17.2 Å². The number of rotatable bonds is 3. The molecule has 1 unspecified atom stereocenters. The number of nitrogens with zero attached hydrogens (tertiary/aromatic N) is 2. The Morgan fingerprint density at radius 1 is 1.58 bits per heavy atom. The zero-order valence-electron chi connectivity index (χ0n) is 10.5. The Morgan fingerprint density at radius 2 is 2.32 bits per heavy atom. The molecule has 0 amide bonds. The first kappa shape index (κ1) is 14.5. The number of ether oxygens (including phenoxy) is 1. The molecule has 1 aromatic rings. The summed E-state index contributed by atoms with van der Waals surface area (Å²) in [5.41, 5.74) is 5.48. The Bertz CT molecular complexity index is 564. The molecule has 1 aliphatic heterocycles. The van der Waals surface area contributed by atoms with Crippen molar-refractivity contribution in [2.24, 2.45) is 0 Å². The van der Waals surface area contributed by atoms with E-state index in [0.717, 1.165) is 12.8 Å². The third kappa shape index (κ3) is 3.00. The second-order valence-corrected chi connectivity index (χ2v) is 6.75. The quantitative estimate of drug-likeness (QED) is 0.904. The highest BCUT2D eigenvalue weighted by Gasteiger charge is 2.30. The molecule has 0 saturated carbocycles. The Kier molecular flexibility index (Phi) is 4.29. The maximum absolute atomic E-state index is 12.4. The average molecular weight is 306 g/mol. The first-order valence-electron chi connectivity index (χ1n) is 5.89. The number of nitrogen functional groups attached to an aromatic ring is 1. The summed E-state index contributed by atoms with van der Waals surface area (Å²) in [7, 11) is -2.01. The van der Waals surface area contributed by atoms with Crippen LogP contribution >= 0.6 is 11.6 Å². The van der Waals surface area contributed by atoms with Crippen molar-refractivity contribution in [1.82, 2.24) is 9.29 Å². The standard InChI is InChI=1S/C11H16ClN3O3S/c1-18-8-3-2-4-15(7-8)19(16,17)9-5-10(12)11(13)14-6-9/h5-6,8H,2-4,7H2,1H3,(H2,13,14). The summed E-state index contributed by atoms with van der Waals surface area (Å²) >= 11 is 5.82. The fourth-order valence-corrected chi connectivity index (χ4v) is 3.75. The molecule has 0 radical (unpaired) electrons. The Hall–Kier alpha value is -0.890. The van der Waals surface area contributed by atoms with E-state index in [1.165, 1.54) is 16.6 Å². The van der Waals surface area contributed by atoms with Gasteiger partial charge >= 0.3 is 0 Å². The molecule has 1 fully saturated rings. The van der Waals surface area contributed by atoms with E-state index in [0.29, 0.717) is 13.1 Å². The molecule has 2 heterocycles. The van der Waals surface area contributed by atoms with Crippen molar-refractivity contribution in [2.75, 3.05) is 25.9 Å². The molecule has 1 aliphatic rings. The van der Waals surface area contributed by atoms with E-state index >= 15 is 0 Å². The van der Waals surface area contributed by atoms with Crippen LogP contribution in [0.25, 0.3) is 0 Å². The van der Waals surface area contributed by atoms with E-state index in [-0.39, 0.29) is 21.8 Å². The SMILES string of the molecule is COC1CCCN(S(=O)(=O)c2cnc(N)c(Cl)c2)C1. The molecule has 0 aromatic carbocycles. The van der Waals surface area contributed by atoms with E-state index < -0.39 is 10.0 Å². The largest absolute Gasteiger partial charge is 0.382 e. The lowest BCUT2D eigenvalue weighted by Crippen LogP contribution is -2.42. The molecule has 106 valence electrons. The summed E-state index contributed by atoms with van der Waals surface area (Å²) in [4.78, 5) is 3.85. The van der Waals surface area contributed by atoms with E-state index in [4.69, 9.17) is 22.1 Å². The van der Waals surface area contributed by atoms with Crippen LogP contribution in [0.5, 0.6) is 0 Å². The van der Waals surface area contributed by atoms with Crippen molar-refractivity contribution >= 4 is 27.4 Å². The monoisotopic (exact) mass is 305 g/mol. The van der Waals surface area contributed by atoms with Gasteiger partial charge in [-0.2, -0.15) is 4.31 Å². The van der Waals surface area contributed by atoms with Gasteiger partial charge in [-0.05, 0) is 18.9 Å². The van der Waals surface area contributed by atoms with Crippen LogP contribution in [-0.4, -0.2) is 44.0 Å². The van der Waals surface area contributed by atoms with Gasteiger partial charge in [0.1, 0.15) is 10.7 Å².